The minimum absolute atomic E-state index is 0.00511. The van der Waals surface area contributed by atoms with Crippen molar-refractivity contribution in [3.05, 3.63) is 38.9 Å². The fraction of sp³-hybridized carbons (Fsp3) is 0.524. The van der Waals surface area contributed by atoms with Crippen LogP contribution in [0.1, 0.15) is 49.5 Å². The average Bonchev–Trinajstić information content (AvgIpc) is 3.39. The summed E-state index contributed by atoms with van der Waals surface area (Å²) >= 11 is 6.67. The highest BCUT2D eigenvalue weighted by Gasteiger charge is 2.37. The number of benzene rings is 1. The van der Waals surface area contributed by atoms with Crippen LogP contribution >= 0.6 is 11.6 Å². The van der Waals surface area contributed by atoms with E-state index in [4.69, 9.17) is 11.6 Å². The first-order chi connectivity index (χ1) is 13.7. The third kappa shape index (κ3) is 3.30. The molecule has 4 rings (SSSR count). The van der Waals surface area contributed by atoms with Crippen LogP contribution in [0.2, 0.25) is 5.02 Å². The Kier molecular flexibility index (Phi) is 4.86. The summed E-state index contributed by atoms with van der Waals surface area (Å²) in [6.07, 6.45) is 3.85. The van der Waals surface area contributed by atoms with Gasteiger partial charge >= 0.3 is 5.97 Å². The molecule has 0 amide bonds. The number of aliphatic hydroxyl groups excluding tert-OH is 1. The van der Waals surface area contributed by atoms with E-state index in [1.807, 2.05) is 18.7 Å². The minimum atomic E-state index is -1.33. The van der Waals surface area contributed by atoms with E-state index in [1.54, 1.807) is 4.57 Å². The molecule has 2 aromatic rings. The molecule has 2 heterocycles. The molecule has 1 aromatic heterocycles. The highest BCUT2D eigenvalue weighted by atomic mass is 35.5. The third-order valence-electron chi connectivity index (χ3n) is 6.37. The lowest BCUT2D eigenvalue weighted by molar-refractivity contribution is 0.0695. The Labute approximate surface area is 172 Å². The number of aromatic carboxylic acids is 1. The maximum absolute atomic E-state index is 15.1. The van der Waals surface area contributed by atoms with Gasteiger partial charge in [-0.05, 0) is 36.7 Å². The summed E-state index contributed by atoms with van der Waals surface area (Å²) in [5.74, 6) is -1.79. The molecule has 2 fully saturated rings. The smallest absolute Gasteiger partial charge is 0.341 e. The van der Waals surface area contributed by atoms with Crippen molar-refractivity contribution in [3.8, 4) is 0 Å². The van der Waals surface area contributed by atoms with E-state index in [1.165, 1.54) is 6.20 Å². The zero-order valence-corrected chi connectivity index (χ0v) is 17.2. The number of aromatic nitrogens is 1. The molecule has 1 atom stereocenters. The van der Waals surface area contributed by atoms with Crippen LogP contribution in [0.3, 0.4) is 0 Å². The second-order valence-electron chi connectivity index (χ2n) is 8.81. The van der Waals surface area contributed by atoms with Gasteiger partial charge in [0.25, 0.3) is 0 Å². The fourth-order valence-corrected chi connectivity index (χ4v) is 4.65. The quantitative estimate of drug-likeness (QED) is 0.768. The summed E-state index contributed by atoms with van der Waals surface area (Å²) in [7, 11) is 0. The zero-order chi connectivity index (χ0) is 21.1. The molecular weight excluding hydrogens is 399 g/mol. The standard InChI is InChI=1S/C21H24ClFN2O4/c1-21(2,10-26)11-5-6-24(8-11)18-15(23)7-13-17(16(18)22)25(12-3-4-12)9-14(19(13)27)20(28)29/h7,9,11-12,26H,3-6,8,10H2,1-2H3,(H,28,29). The molecule has 2 aliphatic rings. The number of aliphatic hydroxyl groups is 1. The van der Waals surface area contributed by atoms with E-state index in [2.05, 4.69) is 0 Å². The van der Waals surface area contributed by atoms with Crippen LogP contribution < -0.4 is 10.3 Å². The summed E-state index contributed by atoms with van der Waals surface area (Å²) in [5.41, 5.74) is -0.755. The first kappa shape index (κ1) is 20.2. The Balaban J connectivity index is 1.88. The van der Waals surface area contributed by atoms with E-state index in [-0.39, 0.29) is 45.6 Å². The first-order valence-electron chi connectivity index (χ1n) is 9.81. The van der Waals surface area contributed by atoms with Crippen molar-refractivity contribution < 1.29 is 19.4 Å². The van der Waals surface area contributed by atoms with Crippen molar-refractivity contribution in [1.29, 1.82) is 0 Å². The summed E-state index contributed by atoms with van der Waals surface area (Å²) < 4.78 is 16.8. The van der Waals surface area contributed by atoms with Crippen molar-refractivity contribution in [2.24, 2.45) is 11.3 Å². The summed E-state index contributed by atoms with van der Waals surface area (Å²) in [6, 6.07) is 1.18. The topological polar surface area (TPSA) is 82.8 Å². The lowest BCUT2D eigenvalue weighted by atomic mass is 9.79. The maximum atomic E-state index is 15.1. The second-order valence-corrected chi connectivity index (χ2v) is 9.19. The van der Waals surface area contributed by atoms with Crippen LogP contribution in [0.25, 0.3) is 10.9 Å². The molecule has 1 unspecified atom stereocenters. The van der Waals surface area contributed by atoms with Gasteiger partial charge in [-0.25, -0.2) is 9.18 Å². The predicted molar refractivity (Wildman–Crippen MR) is 110 cm³/mol. The van der Waals surface area contributed by atoms with Gasteiger partial charge in [-0.3, -0.25) is 4.79 Å². The van der Waals surface area contributed by atoms with E-state index >= 15 is 4.39 Å². The highest BCUT2D eigenvalue weighted by molar-refractivity contribution is 6.38. The molecule has 156 valence electrons. The number of rotatable bonds is 5. The van der Waals surface area contributed by atoms with Crippen molar-refractivity contribution in [2.75, 3.05) is 24.6 Å². The molecule has 1 saturated carbocycles. The minimum Gasteiger partial charge on any atom is -0.477 e. The van der Waals surface area contributed by atoms with E-state index < -0.39 is 17.2 Å². The largest absolute Gasteiger partial charge is 0.477 e. The van der Waals surface area contributed by atoms with Gasteiger partial charge in [0.05, 0.1) is 21.6 Å². The number of hydrogen-bond acceptors (Lipinski definition) is 4. The van der Waals surface area contributed by atoms with Gasteiger partial charge in [-0.15, -0.1) is 0 Å². The average molecular weight is 423 g/mol. The molecule has 1 saturated heterocycles. The van der Waals surface area contributed by atoms with Gasteiger partial charge in [-0.1, -0.05) is 25.4 Å². The molecule has 29 heavy (non-hydrogen) atoms. The lowest BCUT2D eigenvalue weighted by Crippen LogP contribution is -2.31. The van der Waals surface area contributed by atoms with Crippen LogP contribution in [0.5, 0.6) is 0 Å². The van der Waals surface area contributed by atoms with E-state index in [0.717, 1.165) is 25.3 Å². The van der Waals surface area contributed by atoms with E-state index in [9.17, 15) is 19.8 Å². The molecule has 1 aliphatic heterocycles. The fourth-order valence-electron chi connectivity index (χ4n) is 4.24. The number of carboxylic acids is 1. The van der Waals surface area contributed by atoms with Crippen LogP contribution in [-0.2, 0) is 0 Å². The van der Waals surface area contributed by atoms with Crippen molar-refractivity contribution >= 4 is 34.2 Å². The van der Waals surface area contributed by atoms with Crippen LogP contribution in [0.15, 0.2) is 17.1 Å². The number of pyridine rings is 1. The Morgan fingerprint density at radius 2 is 2.03 bits per heavy atom. The zero-order valence-electron chi connectivity index (χ0n) is 16.4. The van der Waals surface area contributed by atoms with Crippen molar-refractivity contribution in [1.82, 2.24) is 4.57 Å². The van der Waals surface area contributed by atoms with Gasteiger partial charge in [0.1, 0.15) is 11.4 Å². The Morgan fingerprint density at radius 1 is 1.34 bits per heavy atom. The first-order valence-corrected chi connectivity index (χ1v) is 10.2. The second kappa shape index (κ2) is 6.99. The molecule has 0 spiro atoms. The molecule has 0 radical (unpaired) electrons. The Hall–Kier alpha value is -2.12. The molecule has 6 nitrogen and oxygen atoms in total. The SMILES string of the molecule is CC(C)(CO)C1CCN(c2c(F)cc3c(=O)c(C(=O)O)cn(C4CC4)c3c2Cl)C1. The number of hydrogen-bond donors (Lipinski definition) is 2. The summed E-state index contributed by atoms with van der Waals surface area (Å²) in [6.45, 7) is 5.15. The molecule has 0 bridgehead atoms. The third-order valence-corrected chi connectivity index (χ3v) is 6.73. The predicted octanol–water partition coefficient (Wildman–Crippen LogP) is 3.67. The number of fused-ring (bicyclic) bond motifs is 1. The van der Waals surface area contributed by atoms with Gasteiger partial charge < -0.3 is 19.7 Å². The van der Waals surface area contributed by atoms with Gasteiger partial charge in [0, 0.05) is 31.9 Å². The molecule has 8 heteroatoms. The Bertz CT molecular complexity index is 1060. The maximum Gasteiger partial charge on any atom is 0.341 e. The Morgan fingerprint density at radius 3 is 2.62 bits per heavy atom. The van der Waals surface area contributed by atoms with Crippen molar-refractivity contribution in [3.63, 3.8) is 0 Å². The molecular formula is C21H24ClFN2O4. The van der Waals surface area contributed by atoms with Crippen molar-refractivity contribution in [2.45, 2.75) is 39.2 Å². The summed E-state index contributed by atoms with van der Waals surface area (Å²) in [5, 5.41) is 19.2. The van der Waals surface area contributed by atoms with Crippen LogP contribution in [0.4, 0.5) is 10.1 Å². The highest BCUT2D eigenvalue weighted by Crippen LogP contribution is 2.44. The number of carbonyl (C=O) groups is 1. The monoisotopic (exact) mass is 422 g/mol. The number of halogens is 2. The van der Waals surface area contributed by atoms with Crippen LogP contribution in [-0.4, -0.2) is 40.4 Å². The van der Waals surface area contributed by atoms with E-state index in [0.29, 0.717) is 18.6 Å². The molecule has 2 N–H and O–H groups in total. The normalized spacial score (nSPS) is 19.9. The molecule has 1 aliphatic carbocycles. The van der Waals surface area contributed by atoms with Gasteiger partial charge in [0.2, 0.25) is 5.43 Å². The van der Waals surface area contributed by atoms with Gasteiger partial charge in [0.15, 0.2) is 0 Å². The lowest BCUT2D eigenvalue weighted by Gasteiger charge is -2.30. The number of carboxylic acid groups (broad SMARTS) is 1. The van der Waals surface area contributed by atoms with Gasteiger partial charge in [-0.2, -0.15) is 0 Å². The number of anilines is 1. The van der Waals surface area contributed by atoms with Crippen LogP contribution in [0, 0.1) is 17.2 Å². The summed E-state index contributed by atoms with van der Waals surface area (Å²) in [4.78, 5) is 26.0. The molecule has 1 aromatic carbocycles. The number of nitrogens with zero attached hydrogens (tertiary/aromatic N) is 2.